The number of fused-ring (bicyclic) bond motifs is 1. The second-order valence-electron chi connectivity index (χ2n) is 6.04. The SMILES string of the molecule is COc1cc(OC)cc(C(=O)NCCCN=C2NS(=O)(=O)c3ccccc32)c1. The third kappa shape index (κ3) is 4.25. The van der Waals surface area contributed by atoms with Crippen molar-refractivity contribution in [3.8, 4) is 11.5 Å². The number of benzene rings is 2. The van der Waals surface area contributed by atoms with Crippen LogP contribution < -0.4 is 19.5 Å². The number of ether oxygens (including phenoxy) is 2. The molecule has 9 heteroatoms. The van der Waals surface area contributed by atoms with Gasteiger partial charge in [-0.2, -0.15) is 0 Å². The summed E-state index contributed by atoms with van der Waals surface area (Å²) in [5.41, 5.74) is 0.995. The van der Waals surface area contributed by atoms with Gasteiger partial charge in [0.15, 0.2) is 0 Å². The van der Waals surface area contributed by atoms with E-state index in [9.17, 15) is 13.2 Å². The van der Waals surface area contributed by atoms with E-state index in [4.69, 9.17) is 9.47 Å². The van der Waals surface area contributed by atoms with Crippen LogP contribution in [0.25, 0.3) is 0 Å². The van der Waals surface area contributed by atoms with Crippen LogP contribution in [0.3, 0.4) is 0 Å². The van der Waals surface area contributed by atoms with Gasteiger partial charge in [0.1, 0.15) is 17.3 Å². The number of carbonyl (C=O) groups excluding carboxylic acids is 1. The van der Waals surface area contributed by atoms with Gasteiger partial charge >= 0.3 is 0 Å². The van der Waals surface area contributed by atoms with Crippen LogP contribution in [-0.2, 0) is 10.0 Å². The van der Waals surface area contributed by atoms with Crippen molar-refractivity contribution in [1.82, 2.24) is 10.0 Å². The Morgan fingerprint density at radius 1 is 1.11 bits per heavy atom. The molecule has 0 unspecified atom stereocenters. The number of methoxy groups -OCH3 is 2. The lowest BCUT2D eigenvalue weighted by Crippen LogP contribution is -2.25. The molecule has 148 valence electrons. The van der Waals surface area contributed by atoms with E-state index in [0.717, 1.165) is 0 Å². The highest BCUT2D eigenvalue weighted by molar-refractivity contribution is 7.90. The monoisotopic (exact) mass is 403 g/mol. The number of nitrogens with zero attached hydrogens (tertiary/aromatic N) is 1. The number of rotatable bonds is 7. The Hall–Kier alpha value is -3.07. The lowest BCUT2D eigenvalue weighted by atomic mass is 10.2. The standard InChI is InChI=1S/C19H21N3O5S/c1-26-14-10-13(11-15(12-14)27-2)19(23)21-9-5-8-20-18-16-6-3-4-7-17(16)28(24,25)22-18/h3-4,6-7,10-12H,5,8-9H2,1-2H3,(H,20,22)(H,21,23). The van der Waals surface area contributed by atoms with Crippen LogP contribution in [0.1, 0.15) is 22.3 Å². The Bertz CT molecular complexity index is 996. The van der Waals surface area contributed by atoms with Crippen LogP contribution in [0, 0.1) is 0 Å². The number of hydrogen-bond acceptors (Lipinski definition) is 6. The van der Waals surface area contributed by atoms with E-state index in [-0.39, 0.29) is 10.8 Å². The van der Waals surface area contributed by atoms with Crippen molar-refractivity contribution < 1.29 is 22.7 Å². The van der Waals surface area contributed by atoms with Gasteiger partial charge in [0.25, 0.3) is 15.9 Å². The number of hydrogen-bond donors (Lipinski definition) is 2. The molecule has 1 aliphatic rings. The predicted octanol–water partition coefficient (Wildman–Crippen LogP) is 1.56. The average molecular weight is 403 g/mol. The molecule has 0 saturated carbocycles. The molecule has 8 nitrogen and oxygen atoms in total. The number of carbonyl (C=O) groups is 1. The highest BCUT2D eigenvalue weighted by atomic mass is 32.2. The lowest BCUT2D eigenvalue weighted by Gasteiger charge is -2.09. The molecule has 0 bridgehead atoms. The fourth-order valence-corrected chi connectivity index (χ4v) is 4.01. The van der Waals surface area contributed by atoms with E-state index in [1.54, 1.807) is 42.5 Å². The highest BCUT2D eigenvalue weighted by Crippen LogP contribution is 2.23. The first-order valence-electron chi connectivity index (χ1n) is 8.62. The second kappa shape index (κ2) is 8.30. The summed E-state index contributed by atoms with van der Waals surface area (Å²) in [6, 6.07) is 11.6. The molecule has 2 N–H and O–H groups in total. The Labute approximate surface area is 163 Å². The molecule has 1 amide bonds. The number of amidine groups is 1. The molecule has 1 aliphatic heterocycles. The van der Waals surface area contributed by atoms with Gasteiger partial charge in [-0.15, -0.1) is 0 Å². The van der Waals surface area contributed by atoms with Gasteiger partial charge < -0.3 is 14.8 Å². The van der Waals surface area contributed by atoms with Gasteiger partial charge in [-0.05, 0) is 30.7 Å². The zero-order valence-corrected chi connectivity index (χ0v) is 16.4. The molecule has 0 atom stereocenters. The van der Waals surface area contributed by atoms with Crippen LogP contribution in [-0.4, -0.2) is 47.5 Å². The molecule has 28 heavy (non-hydrogen) atoms. The maximum absolute atomic E-state index is 12.3. The van der Waals surface area contributed by atoms with Crippen molar-refractivity contribution in [2.45, 2.75) is 11.3 Å². The predicted molar refractivity (Wildman–Crippen MR) is 105 cm³/mol. The van der Waals surface area contributed by atoms with Gasteiger partial charge in [0, 0.05) is 30.3 Å². The first-order valence-corrected chi connectivity index (χ1v) is 10.1. The highest BCUT2D eigenvalue weighted by Gasteiger charge is 2.29. The summed E-state index contributed by atoms with van der Waals surface area (Å²) in [6.07, 6.45) is 0.556. The number of amides is 1. The fraction of sp³-hybridized carbons (Fsp3) is 0.263. The Balaban J connectivity index is 1.56. The minimum atomic E-state index is -3.53. The molecular weight excluding hydrogens is 382 g/mol. The maximum atomic E-state index is 12.3. The van der Waals surface area contributed by atoms with Gasteiger partial charge in [0.05, 0.1) is 19.1 Å². The second-order valence-corrected chi connectivity index (χ2v) is 7.69. The first-order chi connectivity index (χ1) is 13.4. The molecule has 2 aromatic rings. The van der Waals surface area contributed by atoms with E-state index >= 15 is 0 Å². The fourth-order valence-electron chi connectivity index (χ4n) is 2.76. The van der Waals surface area contributed by atoms with Crippen LogP contribution in [0.2, 0.25) is 0 Å². The normalized spacial score (nSPS) is 15.6. The lowest BCUT2D eigenvalue weighted by molar-refractivity contribution is 0.0952. The maximum Gasteiger partial charge on any atom is 0.263 e. The average Bonchev–Trinajstić information content (AvgIpc) is 2.97. The van der Waals surface area contributed by atoms with Gasteiger partial charge in [-0.1, -0.05) is 12.1 Å². The van der Waals surface area contributed by atoms with Crippen molar-refractivity contribution >= 4 is 21.8 Å². The van der Waals surface area contributed by atoms with Crippen molar-refractivity contribution in [3.63, 3.8) is 0 Å². The summed E-state index contributed by atoms with van der Waals surface area (Å²) in [7, 11) is -0.497. The third-order valence-corrected chi connectivity index (χ3v) is 5.56. The van der Waals surface area contributed by atoms with E-state index in [1.807, 2.05) is 0 Å². The quantitative estimate of drug-likeness (QED) is 0.683. The zero-order chi connectivity index (χ0) is 20.1. The van der Waals surface area contributed by atoms with Gasteiger partial charge in [0.2, 0.25) is 0 Å². The molecule has 0 aliphatic carbocycles. The Morgan fingerprint density at radius 3 is 2.46 bits per heavy atom. The topological polar surface area (TPSA) is 106 Å². The van der Waals surface area contributed by atoms with Crippen molar-refractivity contribution in [2.75, 3.05) is 27.3 Å². The molecular formula is C19H21N3O5S. The van der Waals surface area contributed by atoms with Crippen LogP contribution in [0.4, 0.5) is 0 Å². The molecule has 0 fully saturated rings. The third-order valence-electron chi connectivity index (χ3n) is 4.17. The molecule has 2 aromatic carbocycles. The van der Waals surface area contributed by atoms with Gasteiger partial charge in [-0.25, -0.2) is 8.42 Å². The molecule has 1 heterocycles. The summed E-state index contributed by atoms with van der Waals surface area (Å²) < 4.78 is 36.8. The molecule has 0 saturated heterocycles. The van der Waals surface area contributed by atoms with Gasteiger partial charge in [-0.3, -0.25) is 14.5 Å². The molecule has 0 spiro atoms. The van der Waals surface area contributed by atoms with Crippen LogP contribution in [0.15, 0.2) is 52.4 Å². The summed E-state index contributed by atoms with van der Waals surface area (Å²) in [4.78, 5) is 16.8. The number of sulfonamides is 1. The van der Waals surface area contributed by atoms with Crippen LogP contribution >= 0.6 is 0 Å². The van der Waals surface area contributed by atoms with E-state index < -0.39 is 10.0 Å². The summed E-state index contributed by atoms with van der Waals surface area (Å²) in [6.45, 7) is 0.761. The van der Waals surface area contributed by atoms with Crippen molar-refractivity contribution in [2.24, 2.45) is 4.99 Å². The van der Waals surface area contributed by atoms with Crippen LogP contribution in [0.5, 0.6) is 11.5 Å². The van der Waals surface area contributed by atoms with E-state index in [1.165, 1.54) is 14.2 Å². The number of nitrogens with one attached hydrogen (secondary N) is 2. The first kappa shape index (κ1) is 19.7. The molecule has 0 radical (unpaired) electrons. The Kier molecular flexibility index (Phi) is 5.84. The minimum Gasteiger partial charge on any atom is -0.497 e. The van der Waals surface area contributed by atoms with E-state index in [0.29, 0.717) is 48.0 Å². The van der Waals surface area contributed by atoms with Crippen molar-refractivity contribution in [1.29, 1.82) is 0 Å². The number of aliphatic imine (C=N–C) groups is 1. The van der Waals surface area contributed by atoms with E-state index in [2.05, 4.69) is 15.0 Å². The summed E-state index contributed by atoms with van der Waals surface area (Å²) in [5, 5.41) is 2.80. The minimum absolute atomic E-state index is 0.231. The smallest absolute Gasteiger partial charge is 0.263 e. The Morgan fingerprint density at radius 2 is 1.79 bits per heavy atom. The summed E-state index contributed by atoms with van der Waals surface area (Å²) in [5.74, 6) is 1.14. The largest absolute Gasteiger partial charge is 0.497 e. The van der Waals surface area contributed by atoms with Crippen molar-refractivity contribution in [3.05, 3.63) is 53.6 Å². The zero-order valence-electron chi connectivity index (χ0n) is 15.6. The molecule has 0 aromatic heterocycles. The summed E-state index contributed by atoms with van der Waals surface area (Å²) >= 11 is 0. The molecule has 3 rings (SSSR count).